The molecule has 2 aliphatic rings. The van der Waals surface area contributed by atoms with E-state index in [4.69, 9.17) is 5.26 Å². The Morgan fingerprint density at radius 2 is 2.24 bits per heavy atom. The average Bonchev–Trinajstić information content (AvgIpc) is 3.16. The van der Waals surface area contributed by atoms with Crippen molar-refractivity contribution in [1.29, 1.82) is 5.26 Å². The molecule has 21 heavy (non-hydrogen) atoms. The monoisotopic (exact) mass is 287 g/mol. The van der Waals surface area contributed by atoms with E-state index in [1.807, 2.05) is 6.07 Å². The van der Waals surface area contributed by atoms with E-state index in [1.54, 1.807) is 12.1 Å². The molecular formula is C16H18FN3O. The molecule has 1 saturated heterocycles. The van der Waals surface area contributed by atoms with Gasteiger partial charge in [0.2, 0.25) is 5.91 Å². The van der Waals surface area contributed by atoms with E-state index in [9.17, 15) is 9.18 Å². The number of halogens is 1. The predicted octanol–water partition coefficient (Wildman–Crippen LogP) is 1.80. The molecule has 2 fully saturated rings. The molecule has 0 aromatic heterocycles. The van der Waals surface area contributed by atoms with Crippen molar-refractivity contribution in [2.24, 2.45) is 5.92 Å². The van der Waals surface area contributed by atoms with Crippen LogP contribution in [-0.2, 0) is 11.3 Å². The number of amides is 1. The summed E-state index contributed by atoms with van der Waals surface area (Å²) in [7, 11) is 0. The van der Waals surface area contributed by atoms with Gasteiger partial charge in [-0.1, -0.05) is 6.07 Å². The topological polar surface area (TPSA) is 56.1 Å². The summed E-state index contributed by atoms with van der Waals surface area (Å²) in [5.74, 6) is -0.188. The van der Waals surface area contributed by atoms with Gasteiger partial charge in [-0.3, -0.25) is 9.69 Å². The van der Waals surface area contributed by atoms with Gasteiger partial charge in [0.1, 0.15) is 5.82 Å². The highest BCUT2D eigenvalue weighted by molar-refractivity contribution is 5.79. The molecule has 110 valence electrons. The zero-order chi connectivity index (χ0) is 14.8. The molecule has 1 aliphatic heterocycles. The van der Waals surface area contributed by atoms with Crippen molar-refractivity contribution in [1.82, 2.24) is 10.2 Å². The molecule has 1 aliphatic carbocycles. The summed E-state index contributed by atoms with van der Waals surface area (Å²) in [6.45, 7) is 1.98. The van der Waals surface area contributed by atoms with Crippen LogP contribution in [0.25, 0.3) is 0 Å². The van der Waals surface area contributed by atoms with E-state index in [1.165, 1.54) is 6.07 Å². The first kappa shape index (κ1) is 14.0. The highest BCUT2D eigenvalue weighted by Gasteiger charge is 2.32. The molecule has 1 aromatic rings. The van der Waals surface area contributed by atoms with Crippen LogP contribution in [0.5, 0.6) is 0 Å². The van der Waals surface area contributed by atoms with E-state index in [2.05, 4.69) is 10.2 Å². The minimum Gasteiger partial charge on any atom is -0.353 e. The van der Waals surface area contributed by atoms with Gasteiger partial charge in [0.15, 0.2) is 0 Å². The number of nitriles is 1. The maximum absolute atomic E-state index is 13.9. The maximum Gasteiger partial charge on any atom is 0.224 e. The van der Waals surface area contributed by atoms with Crippen LogP contribution in [-0.4, -0.2) is 29.9 Å². The van der Waals surface area contributed by atoms with Crippen molar-refractivity contribution >= 4 is 5.91 Å². The summed E-state index contributed by atoms with van der Waals surface area (Å²) in [6, 6.07) is 6.87. The molecule has 5 heteroatoms. The van der Waals surface area contributed by atoms with E-state index in [0.29, 0.717) is 30.3 Å². The first-order valence-electron chi connectivity index (χ1n) is 7.37. The molecule has 0 bridgehead atoms. The Hall–Kier alpha value is -1.93. The number of benzene rings is 1. The van der Waals surface area contributed by atoms with E-state index in [0.717, 1.165) is 25.8 Å². The van der Waals surface area contributed by atoms with Crippen LogP contribution in [0, 0.1) is 23.1 Å². The Labute approximate surface area is 123 Å². The standard InChI is InChI=1S/C16H18FN3O/c17-15-7-11(8-18)1-2-12(15)9-20-6-5-13(10-20)16(21)19-14-3-4-14/h1-2,7,13-14H,3-6,9-10H2,(H,19,21). The zero-order valence-corrected chi connectivity index (χ0v) is 11.8. The largest absolute Gasteiger partial charge is 0.353 e. The SMILES string of the molecule is N#Cc1ccc(CN2CCC(C(=O)NC3CC3)C2)c(F)c1. The van der Waals surface area contributed by atoms with Crippen LogP contribution in [0.3, 0.4) is 0 Å². The van der Waals surface area contributed by atoms with Gasteiger partial charge in [-0.25, -0.2) is 4.39 Å². The van der Waals surface area contributed by atoms with Crippen LogP contribution in [0.1, 0.15) is 30.4 Å². The number of rotatable bonds is 4. The van der Waals surface area contributed by atoms with Gasteiger partial charge in [0.25, 0.3) is 0 Å². The third kappa shape index (κ3) is 3.40. The lowest BCUT2D eigenvalue weighted by atomic mass is 10.1. The summed E-state index contributed by atoms with van der Waals surface area (Å²) < 4.78 is 13.9. The molecule has 0 radical (unpaired) electrons. The molecule has 1 atom stereocenters. The van der Waals surface area contributed by atoms with Crippen LogP contribution < -0.4 is 5.32 Å². The quantitative estimate of drug-likeness (QED) is 0.918. The lowest BCUT2D eigenvalue weighted by Gasteiger charge is -2.16. The summed E-state index contributed by atoms with van der Waals surface area (Å²) >= 11 is 0. The molecule has 1 N–H and O–H groups in total. The van der Waals surface area contributed by atoms with Crippen LogP contribution in [0.15, 0.2) is 18.2 Å². The molecule has 1 heterocycles. The number of nitrogens with one attached hydrogen (secondary N) is 1. The minimum atomic E-state index is -0.347. The molecule has 4 nitrogen and oxygen atoms in total. The van der Waals surface area contributed by atoms with Gasteiger partial charge in [-0.05, 0) is 37.9 Å². The Kier molecular flexibility index (Phi) is 3.89. The Balaban J connectivity index is 1.56. The summed E-state index contributed by atoms with van der Waals surface area (Å²) in [6.07, 6.45) is 3.02. The first-order valence-corrected chi connectivity index (χ1v) is 7.37. The van der Waals surface area contributed by atoms with Gasteiger partial charge in [-0.15, -0.1) is 0 Å². The average molecular weight is 287 g/mol. The van der Waals surface area contributed by atoms with Gasteiger partial charge in [-0.2, -0.15) is 5.26 Å². The van der Waals surface area contributed by atoms with Crippen LogP contribution >= 0.6 is 0 Å². The second-order valence-corrected chi connectivity index (χ2v) is 5.92. The Morgan fingerprint density at radius 3 is 2.90 bits per heavy atom. The van der Waals surface area contributed by atoms with E-state index >= 15 is 0 Å². The lowest BCUT2D eigenvalue weighted by Crippen LogP contribution is -2.34. The fourth-order valence-electron chi connectivity index (χ4n) is 2.72. The number of carbonyl (C=O) groups excluding carboxylic acids is 1. The number of likely N-dealkylation sites (tertiary alicyclic amines) is 1. The molecular weight excluding hydrogens is 269 g/mol. The van der Waals surface area contributed by atoms with Gasteiger partial charge >= 0.3 is 0 Å². The van der Waals surface area contributed by atoms with Crippen molar-refractivity contribution < 1.29 is 9.18 Å². The fourth-order valence-corrected chi connectivity index (χ4v) is 2.72. The summed E-state index contributed by atoms with van der Waals surface area (Å²) in [5.41, 5.74) is 0.914. The molecule has 1 aromatic carbocycles. The molecule has 1 unspecified atom stereocenters. The number of carbonyl (C=O) groups is 1. The zero-order valence-electron chi connectivity index (χ0n) is 11.8. The number of nitrogens with zero attached hydrogens (tertiary/aromatic N) is 2. The summed E-state index contributed by atoms with van der Waals surface area (Å²) in [4.78, 5) is 14.1. The third-order valence-electron chi connectivity index (χ3n) is 4.14. The van der Waals surface area contributed by atoms with Gasteiger partial charge in [0.05, 0.1) is 17.6 Å². The predicted molar refractivity (Wildman–Crippen MR) is 75.7 cm³/mol. The Bertz CT molecular complexity index is 592. The molecule has 1 saturated carbocycles. The lowest BCUT2D eigenvalue weighted by molar-refractivity contribution is -0.124. The number of hydrogen-bond donors (Lipinski definition) is 1. The highest BCUT2D eigenvalue weighted by atomic mass is 19.1. The van der Waals surface area contributed by atoms with Gasteiger partial charge in [0, 0.05) is 24.7 Å². The van der Waals surface area contributed by atoms with Crippen LogP contribution in [0.4, 0.5) is 4.39 Å². The molecule has 0 spiro atoms. The minimum absolute atomic E-state index is 0.0204. The first-order chi connectivity index (χ1) is 10.2. The second-order valence-electron chi connectivity index (χ2n) is 5.92. The highest BCUT2D eigenvalue weighted by Crippen LogP contribution is 2.23. The van der Waals surface area contributed by atoms with E-state index < -0.39 is 0 Å². The van der Waals surface area contributed by atoms with Crippen molar-refractivity contribution in [3.05, 3.63) is 35.1 Å². The normalized spacial score (nSPS) is 22.0. The summed E-state index contributed by atoms with van der Waals surface area (Å²) in [5, 5.41) is 11.8. The second kappa shape index (κ2) is 5.82. The molecule has 3 rings (SSSR count). The van der Waals surface area contributed by atoms with Crippen molar-refractivity contribution in [3.63, 3.8) is 0 Å². The van der Waals surface area contributed by atoms with E-state index in [-0.39, 0.29) is 17.6 Å². The van der Waals surface area contributed by atoms with Crippen molar-refractivity contribution in [3.8, 4) is 6.07 Å². The van der Waals surface area contributed by atoms with Crippen molar-refractivity contribution in [2.45, 2.75) is 31.8 Å². The van der Waals surface area contributed by atoms with Crippen molar-refractivity contribution in [2.75, 3.05) is 13.1 Å². The van der Waals surface area contributed by atoms with Crippen LogP contribution in [0.2, 0.25) is 0 Å². The smallest absolute Gasteiger partial charge is 0.224 e. The van der Waals surface area contributed by atoms with Gasteiger partial charge < -0.3 is 5.32 Å². The molecule has 1 amide bonds. The third-order valence-corrected chi connectivity index (χ3v) is 4.14. The fraction of sp³-hybridized carbons (Fsp3) is 0.500. The Morgan fingerprint density at radius 1 is 1.43 bits per heavy atom. The maximum atomic E-state index is 13.9. The number of hydrogen-bond acceptors (Lipinski definition) is 3.